The van der Waals surface area contributed by atoms with Gasteiger partial charge in [0.2, 0.25) is 5.91 Å². The van der Waals surface area contributed by atoms with Gasteiger partial charge in [0.25, 0.3) is 0 Å². The summed E-state index contributed by atoms with van der Waals surface area (Å²) < 4.78 is 16.8. The van der Waals surface area contributed by atoms with Crippen LogP contribution < -0.4 is 5.32 Å². The van der Waals surface area contributed by atoms with Crippen LogP contribution in [0.15, 0.2) is 42.5 Å². The molecule has 0 fully saturated rings. The largest absolute Gasteiger partial charge is 0.324 e. The molecule has 2 aromatic heterocycles. The van der Waals surface area contributed by atoms with E-state index in [2.05, 4.69) is 31.9 Å². The molecule has 1 amide bonds. The van der Waals surface area contributed by atoms with Gasteiger partial charge >= 0.3 is 0 Å². The normalized spacial score (nSPS) is 11.1. The van der Waals surface area contributed by atoms with Crippen molar-refractivity contribution in [3.63, 3.8) is 0 Å². The first kappa shape index (κ1) is 19.1. The van der Waals surface area contributed by atoms with Gasteiger partial charge < -0.3 is 5.32 Å². The number of fused-ring (bicyclic) bond motifs is 1. The highest BCUT2D eigenvalue weighted by atomic mass is 32.1. The number of amides is 1. The second-order valence-electron chi connectivity index (χ2n) is 6.63. The predicted molar refractivity (Wildman–Crippen MR) is 110 cm³/mol. The van der Waals surface area contributed by atoms with Gasteiger partial charge in [0.05, 0.1) is 26.6 Å². The lowest BCUT2D eigenvalue weighted by Gasteiger charge is -2.09. The Labute approximate surface area is 170 Å². The molecule has 0 aliphatic carbocycles. The number of nitrogens with one attached hydrogen (secondary N) is 1. The highest BCUT2D eigenvalue weighted by molar-refractivity contribution is 7.18. The van der Waals surface area contributed by atoms with E-state index in [1.54, 1.807) is 24.3 Å². The molecule has 4 aromatic rings. The van der Waals surface area contributed by atoms with E-state index in [-0.39, 0.29) is 11.6 Å². The smallest absolute Gasteiger partial charge is 0.224 e. The number of aromatic nitrogens is 5. The van der Waals surface area contributed by atoms with Crippen LogP contribution in [-0.4, -0.2) is 31.1 Å². The van der Waals surface area contributed by atoms with Gasteiger partial charge in [-0.05, 0) is 66.9 Å². The number of carbonyl (C=O) groups is 1. The molecule has 0 aliphatic heterocycles. The molecule has 2 aromatic carbocycles. The molecule has 2 heterocycles. The van der Waals surface area contributed by atoms with E-state index in [1.165, 1.54) is 21.5 Å². The first-order chi connectivity index (χ1) is 14.1. The molecule has 0 aliphatic rings. The summed E-state index contributed by atoms with van der Waals surface area (Å²) in [5.74, 6) is -0.148. The Morgan fingerprint density at radius 3 is 2.86 bits per heavy atom. The van der Waals surface area contributed by atoms with E-state index in [0.717, 1.165) is 23.4 Å². The Kier molecular flexibility index (Phi) is 5.57. The van der Waals surface area contributed by atoms with E-state index in [4.69, 9.17) is 0 Å². The molecular formula is C20H19FN6OS. The van der Waals surface area contributed by atoms with E-state index >= 15 is 0 Å². The quantitative estimate of drug-likeness (QED) is 0.464. The van der Waals surface area contributed by atoms with E-state index in [1.807, 2.05) is 18.2 Å². The second-order valence-corrected chi connectivity index (χ2v) is 7.75. The summed E-state index contributed by atoms with van der Waals surface area (Å²) in [5.41, 5.74) is 1.71. The fourth-order valence-corrected chi connectivity index (χ4v) is 4.02. The fourth-order valence-electron chi connectivity index (χ4n) is 3.01. The van der Waals surface area contributed by atoms with Gasteiger partial charge in [-0.15, -0.1) is 16.4 Å². The molecule has 1 N–H and O–H groups in total. The summed E-state index contributed by atoms with van der Waals surface area (Å²) in [6, 6.07) is 12.4. The molecule has 0 radical (unpaired) electrons. The summed E-state index contributed by atoms with van der Waals surface area (Å²) in [6.07, 6.45) is 2.70. The van der Waals surface area contributed by atoms with Crippen LogP contribution in [0.5, 0.6) is 0 Å². The number of tetrazole rings is 1. The SMILES string of the molecule is Cc1nnnn1-c1ccc(F)c(NC(=O)CCCCc2nc3ccccc3s2)c1. The van der Waals surface area contributed by atoms with E-state index < -0.39 is 5.82 Å². The monoisotopic (exact) mass is 410 g/mol. The molecule has 7 nitrogen and oxygen atoms in total. The summed E-state index contributed by atoms with van der Waals surface area (Å²) in [6.45, 7) is 1.74. The van der Waals surface area contributed by atoms with Crippen molar-refractivity contribution in [2.24, 2.45) is 0 Å². The van der Waals surface area contributed by atoms with Crippen molar-refractivity contribution in [2.45, 2.75) is 32.6 Å². The minimum atomic E-state index is -0.498. The van der Waals surface area contributed by atoms with Crippen LogP contribution in [0.2, 0.25) is 0 Å². The maximum atomic E-state index is 14.1. The van der Waals surface area contributed by atoms with Crippen molar-refractivity contribution in [1.82, 2.24) is 25.2 Å². The van der Waals surface area contributed by atoms with Crippen LogP contribution in [0.25, 0.3) is 15.9 Å². The number of aryl methyl sites for hydroxylation is 2. The highest BCUT2D eigenvalue weighted by Gasteiger charge is 2.11. The van der Waals surface area contributed by atoms with Crippen molar-refractivity contribution in [2.75, 3.05) is 5.32 Å². The van der Waals surface area contributed by atoms with Crippen LogP contribution in [0.1, 0.15) is 30.1 Å². The van der Waals surface area contributed by atoms with Gasteiger partial charge in [-0.25, -0.2) is 9.37 Å². The number of unbranched alkanes of at least 4 members (excludes halogenated alkanes) is 1. The van der Waals surface area contributed by atoms with Gasteiger partial charge in [0.1, 0.15) is 5.82 Å². The highest BCUT2D eigenvalue weighted by Crippen LogP contribution is 2.23. The minimum absolute atomic E-state index is 0.119. The van der Waals surface area contributed by atoms with Gasteiger partial charge in [-0.1, -0.05) is 12.1 Å². The number of anilines is 1. The lowest BCUT2D eigenvalue weighted by Crippen LogP contribution is -2.13. The number of para-hydroxylation sites is 1. The number of carbonyl (C=O) groups excluding carboxylic acids is 1. The Morgan fingerprint density at radius 1 is 1.21 bits per heavy atom. The number of rotatable bonds is 7. The maximum Gasteiger partial charge on any atom is 0.224 e. The van der Waals surface area contributed by atoms with Crippen molar-refractivity contribution in [3.8, 4) is 5.69 Å². The van der Waals surface area contributed by atoms with Crippen LogP contribution in [0.3, 0.4) is 0 Å². The molecule has 0 spiro atoms. The first-order valence-electron chi connectivity index (χ1n) is 9.29. The molecule has 9 heteroatoms. The first-order valence-corrected chi connectivity index (χ1v) is 10.1. The van der Waals surface area contributed by atoms with Crippen molar-refractivity contribution in [3.05, 3.63) is 59.1 Å². The van der Waals surface area contributed by atoms with Gasteiger partial charge in [-0.2, -0.15) is 4.68 Å². The third-order valence-electron chi connectivity index (χ3n) is 4.48. The molecule has 0 saturated carbocycles. The number of nitrogens with zero attached hydrogens (tertiary/aromatic N) is 5. The Balaban J connectivity index is 1.31. The lowest BCUT2D eigenvalue weighted by molar-refractivity contribution is -0.116. The third kappa shape index (κ3) is 4.45. The minimum Gasteiger partial charge on any atom is -0.324 e. The standard InChI is InChI=1S/C20H19FN6OS/c1-13-24-25-26-27(13)14-10-11-15(21)17(12-14)22-19(28)8-4-5-9-20-23-16-6-2-3-7-18(16)29-20/h2-3,6-7,10-12H,4-5,8-9H2,1H3,(H,22,28). The molecule has 148 valence electrons. The molecule has 0 unspecified atom stereocenters. The zero-order chi connectivity index (χ0) is 20.2. The van der Waals surface area contributed by atoms with Gasteiger partial charge in [0.15, 0.2) is 5.82 Å². The topological polar surface area (TPSA) is 85.6 Å². The Hall–Kier alpha value is -3.20. The number of benzene rings is 2. The zero-order valence-corrected chi connectivity index (χ0v) is 16.6. The Morgan fingerprint density at radius 2 is 2.07 bits per heavy atom. The molecule has 0 bridgehead atoms. The van der Waals surface area contributed by atoms with Gasteiger partial charge in [0, 0.05) is 6.42 Å². The molecule has 29 heavy (non-hydrogen) atoms. The van der Waals surface area contributed by atoms with Crippen LogP contribution in [0.4, 0.5) is 10.1 Å². The number of thiazole rings is 1. The molecule has 0 atom stereocenters. The molecule has 4 rings (SSSR count). The average molecular weight is 410 g/mol. The summed E-state index contributed by atoms with van der Waals surface area (Å²) in [7, 11) is 0. The fraction of sp³-hybridized carbons (Fsp3) is 0.250. The van der Waals surface area contributed by atoms with Crippen molar-refractivity contribution in [1.29, 1.82) is 0 Å². The summed E-state index contributed by atoms with van der Waals surface area (Å²) in [5, 5.41) is 15.0. The third-order valence-corrected chi connectivity index (χ3v) is 5.57. The average Bonchev–Trinajstić information content (AvgIpc) is 3.32. The maximum absolute atomic E-state index is 14.1. The summed E-state index contributed by atoms with van der Waals surface area (Å²) >= 11 is 1.68. The predicted octanol–water partition coefficient (Wildman–Crippen LogP) is 4.07. The van der Waals surface area contributed by atoms with Gasteiger partial charge in [-0.3, -0.25) is 4.79 Å². The lowest BCUT2D eigenvalue weighted by atomic mass is 10.2. The number of hydrogen-bond acceptors (Lipinski definition) is 6. The summed E-state index contributed by atoms with van der Waals surface area (Å²) in [4.78, 5) is 16.8. The van der Waals surface area contributed by atoms with E-state index in [0.29, 0.717) is 24.4 Å². The van der Waals surface area contributed by atoms with Crippen LogP contribution >= 0.6 is 11.3 Å². The Bertz CT molecular complexity index is 1120. The van der Waals surface area contributed by atoms with Crippen molar-refractivity contribution < 1.29 is 9.18 Å². The number of hydrogen-bond donors (Lipinski definition) is 1. The van der Waals surface area contributed by atoms with E-state index in [9.17, 15) is 9.18 Å². The zero-order valence-electron chi connectivity index (χ0n) is 15.8. The van der Waals surface area contributed by atoms with Crippen molar-refractivity contribution >= 4 is 33.1 Å². The van der Waals surface area contributed by atoms with Crippen LogP contribution in [0, 0.1) is 12.7 Å². The number of halogens is 1. The molecule has 0 saturated heterocycles. The second kappa shape index (κ2) is 8.44. The van der Waals surface area contributed by atoms with Crippen LogP contribution in [-0.2, 0) is 11.2 Å². The molecular weight excluding hydrogens is 391 g/mol.